The number of rotatable bonds is 4. The summed E-state index contributed by atoms with van der Waals surface area (Å²) in [6, 6.07) is 6.11. The van der Waals surface area contributed by atoms with Crippen molar-refractivity contribution in [2.45, 2.75) is 19.9 Å². The van der Waals surface area contributed by atoms with Gasteiger partial charge < -0.3 is 15.3 Å². The third kappa shape index (κ3) is 4.19. The standard InChI is InChI=1S/C18H20FN3O3S/c1-11-6-12(17(23)24)9-22(8-11)18(25)20-7-16-21-15(10-26-16)13-4-2-3-5-14(13)19/h2-5,10-12H,6-9H2,1H3,(H,20,25)(H,23,24). The number of thiazole rings is 1. The van der Waals surface area contributed by atoms with Gasteiger partial charge in [-0.25, -0.2) is 14.2 Å². The monoisotopic (exact) mass is 377 g/mol. The van der Waals surface area contributed by atoms with E-state index < -0.39 is 11.9 Å². The van der Waals surface area contributed by atoms with Crippen molar-refractivity contribution < 1.29 is 19.1 Å². The van der Waals surface area contributed by atoms with Gasteiger partial charge in [0.2, 0.25) is 0 Å². The molecule has 8 heteroatoms. The van der Waals surface area contributed by atoms with Crippen molar-refractivity contribution in [1.82, 2.24) is 15.2 Å². The van der Waals surface area contributed by atoms with Crippen LogP contribution in [0.2, 0.25) is 0 Å². The number of carboxylic acid groups (broad SMARTS) is 1. The van der Waals surface area contributed by atoms with Crippen LogP contribution >= 0.6 is 11.3 Å². The summed E-state index contributed by atoms with van der Waals surface area (Å²) in [5.41, 5.74) is 0.963. The van der Waals surface area contributed by atoms with Crippen molar-refractivity contribution >= 4 is 23.3 Å². The number of carbonyl (C=O) groups excluding carboxylic acids is 1. The molecule has 0 radical (unpaired) electrons. The molecule has 2 atom stereocenters. The number of carboxylic acids is 1. The molecule has 2 amide bonds. The Hall–Kier alpha value is -2.48. The summed E-state index contributed by atoms with van der Waals surface area (Å²) in [5, 5.41) is 14.4. The molecule has 1 aliphatic rings. The second-order valence-corrected chi connectivity index (χ2v) is 7.49. The number of aromatic nitrogens is 1. The fraction of sp³-hybridized carbons (Fsp3) is 0.389. The van der Waals surface area contributed by atoms with E-state index in [0.29, 0.717) is 29.2 Å². The molecule has 2 N–H and O–H groups in total. The smallest absolute Gasteiger partial charge is 0.317 e. The lowest BCUT2D eigenvalue weighted by molar-refractivity contribution is -0.143. The van der Waals surface area contributed by atoms with Gasteiger partial charge >= 0.3 is 12.0 Å². The van der Waals surface area contributed by atoms with Gasteiger partial charge in [0.25, 0.3) is 0 Å². The Labute approximate surface area is 154 Å². The first kappa shape index (κ1) is 18.3. The molecule has 1 aromatic carbocycles. The van der Waals surface area contributed by atoms with Gasteiger partial charge in [0.15, 0.2) is 0 Å². The Balaban J connectivity index is 1.60. The molecule has 138 valence electrons. The second-order valence-electron chi connectivity index (χ2n) is 6.55. The molecule has 2 heterocycles. The zero-order valence-electron chi connectivity index (χ0n) is 14.3. The number of benzene rings is 1. The molecule has 0 saturated carbocycles. The molecule has 1 aromatic heterocycles. The Morgan fingerprint density at radius 2 is 2.15 bits per heavy atom. The first-order valence-electron chi connectivity index (χ1n) is 8.39. The van der Waals surface area contributed by atoms with E-state index in [4.69, 9.17) is 0 Å². The van der Waals surface area contributed by atoms with Gasteiger partial charge in [0, 0.05) is 24.0 Å². The zero-order chi connectivity index (χ0) is 18.7. The minimum atomic E-state index is -0.871. The van der Waals surface area contributed by atoms with E-state index in [1.807, 2.05) is 6.92 Å². The number of likely N-dealkylation sites (tertiary alicyclic amines) is 1. The van der Waals surface area contributed by atoms with E-state index in [1.54, 1.807) is 28.5 Å². The number of hydrogen-bond acceptors (Lipinski definition) is 4. The lowest BCUT2D eigenvalue weighted by Gasteiger charge is -2.34. The molecule has 0 aliphatic carbocycles. The summed E-state index contributed by atoms with van der Waals surface area (Å²) in [7, 11) is 0. The first-order chi connectivity index (χ1) is 12.4. The lowest BCUT2D eigenvalue weighted by atomic mass is 9.91. The molecular weight excluding hydrogens is 357 g/mol. The number of piperidine rings is 1. The predicted molar refractivity (Wildman–Crippen MR) is 96.2 cm³/mol. The number of urea groups is 1. The SMILES string of the molecule is CC1CC(C(=O)O)CN(C(=O)NCc2nc(-c3ccccc3F)cs2)C1. The van der Waals surface area contributed by atoms with Crippen molar-refractivity contribution in [2.75, 3.05) is 13.1 Å². The highest BCUT2D eigenvalue weighted by Gasteiger charge is 2.31. The summed E-state index contributed by atoms with van der Waals surface area (Å²) in [6.45, 7) is 2.91. The number of halogens is 1. The van der Waals surface area contributed by atoms with Gasteiger partial charge in [-0.05, 0) is 24.5 Å². The van der Waals surface area contributed by atoms with E-state index in [2.05, 4.69) is 10.3 Å². The maximum absolute atomic E-state index is 13.8. The largest absolute Gasteiger partial charge is 0.481 e. The molecule has 1 saturated heterocycles. The molecular formula is C18H20FN3O3S. The maximum atomic E-state index is 13.8. The fourth-order valence-corrected chi connectivity index (χ4v) is 3.88. The van der Waals surface area contributed by atoms with Crippen LogP contribution in [0.15, 0.2) is 29.6 Å². The van der Waals surface area contributed by atoms with Crippen LogP contribution in [0.5, 0.6) is 0 Å². The number of carbonyl (C=O) groups is 2. The molecule has 3 rings (SSSR count). The van der Waals surface area contributed by atoms with Crippen molar-refractivity contribution in [3.05, 3.63) is 40.5 Å². The summed E-state index contributed by atoms with van der Waals surface area (Å²) in [5.74, 6) is -1.60. The van der Waals surface area contributed by atoms with E-state index >= 15 is 0 Å². The average molecular weight is 377 g/mol. The normalized spacial score (nSPS) is 20.0. The molecule has 0 spiro atoms. The van der Waals surface area contributed by atoms with Crippen LogP contribution in [0.3, 0.4) is 0 Å². The first-order valence-corrected chi connectivity index (χ1v) is 9.27. The van der Waals surface area contributed by atoms with Crippen LogP contribution < -0.4 is 5.32 Å². The summed E-state index contributed by atoms with van der Waals surface area (Å²) < 4.78 is 13.8. The summed E-state index contributed by atoms with van der Waals surface area (Å²) >= 11 is 1.34. The number of hydrogen-bond donors (Lipinski definition) is 2. The molecule has 2 unspecified atom stereocenters. The van der Waals surface area contributed by atoms with Gasteiger partial charge in [0.1, 0.15) is 10.8 Å². The number of amides is 2. The Morgan fingerprint density at radius 3 is 2.88 bits per heavy atom. The van der Waals surface area contributed by atoms with Gasteiger partial charge in [-0.2, -0.15) is 0 Å². The lowest BCUT2D eigenvalue weighted by Crippen LogP contribution is -2.49. The molecule has 1 fully saturated rings. The zero-order valence-corrected chi connectivity index (χ0v) is 15.1. The average Bonchev–Trinajstić information content (AvgIpc) is 3.08. The van der Waals surface area contributed by atoms with Crippen molar-refractivity contribution in [2.24, 2.45) is 11.8 Å². The number of aliphatic carboxylic acids is 1. The van der Waals surface area contributed by atoms with Crippen LogP contribution in [0, 0.1) is 17.7 Å². The van der Waals surface area contributed by atoms with E-state index in [9.17, 15) is 19.1 Å². The Kier molecular flexibility index (Phi) is 5.51. The van der Waals surface area contributed by atoms with Crippen LogP contribution in [0.25, 0.3) is 11.3 Å². The van der Waals surface area contributed by atoms with Crippen LogP contribution in [0.4, 0.5) is 9.18 Å². The van der Waals surface area contributed by atoms with Crippen LogP contribution in [-0.4, -0.2) is 40.1 Å². The Morgan fingerprint density at radius 1 is 1.38 bits per heavy atom. The van der Waals surface area contributed by atoms with Crippen molar-refractivity contribution in [1.29, 1.82) is 0 Å². The van der Waals surface area contributed by atoms with Gasteiger partial charge in [-0.3, -0.25) is 4.79 Å². The highest BCUT2D eigenvalue weighted by molar-refractivity contribution is 7.09. The van der Waals surface area contributed by atoms with Crippen molar-refractivity contribution in [3.8, 4) is 11.3 Å². The van der Waals surface area contributed by atoms with Gasteiger partial charge in [-0.15, -0.1) is 11.3 Å². The molecule has 0 bridgehead atoms. The number of nitrogens with one attached hydrogen (secondary N) is 1. The molecule has 1 aliphatic heterocycles. The maximum Gasteiger partial charge on any atom is 0.317 e. The summed E-state index contributed by atoms with van der Waals surface area (Å²) in [4.78, 5) is 29.5. The van der Waals surface area contributed by atoms with Crippen LogP contribution in [0.1, 0.15) is 18.4 Å². The fourth-order valence-electron chi connectivity index (χ4n) is 3.14. The number of nitrogens with zero attached hydrogens (tertiary/aromatic N) is 2. The van der Waals surface area contributed by atoms with E-state index in [1.165, 1.54) is 17.4 Å². The third-order valence-corrected chi connectivity index (χ3v) is 5.24. The quantitative estimate of drug-likeness (QED) is 0.857. The highest BCUT2D eigenvalue weighted by atomic mass is 32.1. The summed E-state index contributed by atoms with van der Waals surface area (Å²) in [6.07, 6.45) is 0.581. The predicted octanol–water partition coefficient (Wildman–Crippen LogP) is 3.20. The Bertz CT molecular complexity index is 810. The topological polar surface area (TPSA) is 82.5 Å². The minimum absolute atomic E-state index is 0.142. The molecule has 2 aromatic rings. The van der Waals surface area contributed by atoms with Crippen molar-refractivity contribution in [3.63, 3.8) is 0 Å². The highest BCUT2D eigenvalue weighted by Crippen LogP contribution is 2.25. The minimum Gasteiger partial charge on any atom is -0.481 e. The van der Waals surface area contributed by atoms with E-state index in [0.717, 1.165) is 0 Å². The van der Waals surface area contributed by atoms with Gasteiger partial charge in [0.05, 0.1) is 18.2 Å². The van der Waals surface area contributed by atoms with E-state index in [-0.39, 0.29) is 30.9 Å². The molecule has 26 heavy (non-hydrogen) atoms. The van der Waals surface area contributed by atoms with Crippen LogP contribution in [-0.2, 0) is 11.3 Å². The second kappa shape index (κ2) is 7.82. The van der Waals surface area contributed by atoms with Gasteiger partial charge in [-0.1, -0.05) is 19.1 Å². The third-order valence-electron chi connectivity index (χ3n) is 4.39. The molecule has 6 nitrogen and oxygen atoms in total.